The fourth-order valence-electron chi connectivity index (χ4n) is 2.97. The zero-order valence-corrected chi connectivity index (χ0v) is 18.0. The molecule has 148 valence electrons. The van der Waals surface area contributed by atoms with Crippen LogP contribution in [0.15, 0.2) is 52.5 Å². The van der Waals surface area contributed by atoms with Crippen LogP contribution in [-0.4, -0.2) is 23.3 Å². The third kappa shape index (κ3) is 5.29. The van der Waals surface area contributed by atoms with Gasteiger partial charge in [-0.25, -0.2) is 4.98 Å². The molecule has 2 amide bonds. The Morgan fingerprint density at radius 2 is 1.83 bits per heavy atom. The van der Waals surface area contributed by atoms with Gasteiger partial charge in [0.15, 0.2) is 5.13 Å². The monoisotopic (exact) mass is 441 g/mol. The molecule has 0 aliphatic heterocycles. The van der Waals surface area contributed by atoms with Crippen LogP contribution in [0.1, 0.15) is 16.1 Å². The Bertz CT molecular complexity index is 1120. The molecule has 4 aromatic rings. The van der Waals surface area contributed by atoms with Crippen molar-refractivity contribution in [2.24, 2.45) is 0 Å². The lowest BCUT2D eigenvalue weighted by atomic mass is 10.1. The highest BCUT2D eigenvalue weighted by Gasteiger charge is 2.11. The van der Waals surface area contributed by atoms with Gasteiger partial charge in [-0.2, -0.15) is 0 Å². The molecule has 0 bridgehead atoms. The number of nitrogens with one attached hydrogen (secondary N) is 2. The molecular weight excluding hydrogens is 422 g/mol. The number of nitrogens with zero attached hydrogens (tertiary/aromatic N) is 1. The smallest absolute Gasteiger partial charge is 0.231 e. The molecule has 0 aliphatic carbocycles. The lowest BCUT2D eigenvalue weighted by molar-refractivity contribution is -0.120. The molecule has 0 radical (unpaired) electrons. The molecule has 0 unspecified atom stereocenters. The van der Waals surface area contributed by atoms with Gasteiger partial charge in [-0.3, -0.25) is 9.59 Å². The zero-order valence-electron chi connectivity index (χ0n) is 15.5. The molecule has 0 saturated carbocycles. The highest BCUT2D eigenvalue weighted by molar-refractivity contribution is 7.17. The minimum absolute atomic E-state index is 0.0636. The highest BCUT2D eigenvalue weighted by Crippen LogP contribution is 2.25. The second-order valence-electron chi connectivity index (χ2n) is 6.48. The average Bonchev–Trinajstić information content (AvgIpc) is 3.44. The van der Waals surface area contributed by atoms with E-state index >= 15 is 0 Å². The Morgan fingerprint density at radius 1 is 0.931 bits per heavy atom. The quantitative estimate of drug-likeness (QED) is 0.423. The van der Waals surface area contributed by atoms with E-state index in [0.29, 0.717) is 23.8 Å². The van der Waals surface area contributed by atoms with E-state index in [1.165, 1.54) is 27.0 Å². The van der Waals surface area contributed by atoms with Crippen LogP contribution in [0.4, 0.5) is 5.13 Å². The van der Waals surface area contributed by atoms with Crippen LogP contribution >= 0.6 is 34.0 Å². The molecule has 3 heterocycles. The predicted octanol–water partition coefficient (Wildman–Crippen LogP) is 4.50. The number of thiazole rings is 1. The summed E-state index contributed by atoms with van der Waals surface area (Å²) in [6, 6.07) is 12.2. The maximum atomic E-state index is 12.2. The summed E-state index contributed by atoms with van der Waals surface area (Å²) in [5.74, 6) is -0.160. The van der Waals surface area contributed by atoms with Crippen molar-refractivity contribution < 1.29 is 9.59 Å². The summed E-state index contributed by atoms with van der Waals surface area (Å²) in [7, 11) is 0. The first-order valence-corrected chi connectivity index (χ1v) is 11.8. The molecule has 8 heteroatoms. The van der Waals surface area contributed by atoms with Gasteiger partial charge in [-0.05, 0) is 40.3 Å². The normalized spacial score (nSPS) is 10.9. The SMILES string of the molecule is O=C(Cc1csc(NC(=O)Cc2cccs2)n1)NCCc1csc2ccccc12. The Balaban J connectivity index is 1.23. The van der Waals surface area contributed by atoms with Crippen LogP contribution in [0.2, 0.25) is 0 Å². The van der Waals surface area contributed by atoms with Crippen molar-refractivity contribution >= 4 is 61.0 Å². The number of benzene rings is 1. The first-order chi connectivity index (χ1) is 14.2. The number of fused-ring (bicyclic) bond motifs is 1. The van der Waals surface area contributed by atoms with Crippen molar-refractivity contribution in [2.75, 3.05) is 11.9 Å². The van der Waals surface area contributed by atoms with Crippen molar-refractivity contribution in [1.82, 2.24) is 10.3 Å². The number of carbonyl (C=O) groups is 2. The highest BCUT2D eigenvalue weighted by atomic mass is 32.1. The Hall–Kier alpha value is -2.55. The number of rotatable bonds is 8. The van der Waals surface area contributed by atoms with E-state index in [0.717, 1.165) is 11.3 Å². The van der Waals surface area contributed by atoms with Gasteiger partial charge < -0.3 is 10.6 Å². The van der Waals surface area contributed by atoms with Gasteiger partial charge in [0.1, 0.15) is 0 Å². The second-order valence-corrected chi connectivity index (χ2v) is 9.28. The predicted molar refractivity (Wildman–Crippen MR) is 121 cm³/mol. The second kappa shape index (κ2) is 9.30. The topological polar surface area (TPSA) is 71.1 Å². The van der Waals surface area contributed by atoms with E-state index in [2.05, 4.69) is 33.1 Å². The van der Waals surface area contributed by atoms with Crippen LogP contribution in [0.25, 0.3) is 10.1 Å². The van der Waals surface area contributed by atoms with Gasteiger partial charge in [0.2, 0.25) is 11.8 Å². The first kappa shape index (κ1) is 19.8. The summed E-state index contributed by atoms with van der Waals surface area (Å²) >= 11 is 4.62. The lowest BCUT2D eigenvalue weighted by Gasteiger charge is -2.04. The summed E-state index contributed by atoms with van der Waals surface area (Å²) in [5, 5.41) is 13.5. The van der Waals surface area contributed by atoms with Crippen LogP contribution < -0.4 is 10.6 Å². The third-order valence-electron chi connectivity index (χ3n) is 4.33. The molecule has 1 aromatic carbocycles. The summed E-state index contributed by atoms with van der Waals surface area (Å²) in [4.78, 5) is 29.6. The Labute approximate surface area is 180 Å². The average molecular weight is 442 g/mol. The number of aromatic nitrogens is 1. The van der Waals surface area contributed by atoms with Crippen molar-refractivity contribution in [2.45, 2.75) is 19.3 Å². The minimum Gasteiger partial charge on any atom is -0.355 e. The van der Waals surface area contributed by atoms with E-state index in [9.17, 15) is 9.59 Å². The molecule has 29 heavy (non-hydrogen) atoms. The number of hydrogen-bond acceptors (Lipinski definition) is 6. The van der Waals surface area contributed by atoms with E-state index in [-0.39, 0.29) is 18.2 Å². The fraction of sp³-hybridized carbons (Fsp3) is 0.190. The zero-order chi connectivity index (χ0) is 20.1. The van der Waals surface area contributed by atoms with Crippen molar-refractivity contribution in [3.8, 4) is 0 Å². The van der Waals surface area contributed by atoms with Gasteiger partial charge in [0.25, 0.3) is 0 Å². The minimum atomic E-state index is -0.0965. The van der Waals surface area contributed by atoms with Crippen LogP contribution in [0.5, 0.6) is 0 Å². The maximum absolute atomic E-state index is 12.2. The Kier molecular flexibility index (Phi) is 6.33. The number of hydrogen-bond donors (Lipinski definition) is 2. The van der Waals surface area contributed by atoms with Crippen molar-refractivity contribution in [1.29, 1.82) is 0 Å². The standard InChI is InChI=1S/C21H19N3O2S3/c25-19(22-8-7-14-12-28-18-6-2-1-5-17(14)18)10-15-13-29-21(23-15)24-20(26)11-16-4-3-9-27-16/h1-6,9,12-13H,7-8,10-11H2,(H,22,25)(H,23,24,26). The molecule has 0 aliphatic rings. The summed E-state index contributed by atoms with van der Waals surface area (Å²) < 4.78 is 1.27. The van der Waals surface area contributed by atoms with Crippen molar-refractivity contribution in [3.63, 3.8) is 0 Å². The first-order valence-electron chi connectivity index (χ1n) is 9.16. The van der Waals surface area contributed by atoms with Gasteiger partial charge in [0, 0.05) is 21.5 Å². The molecular formula is C21H19N3O2S3. The van der Waals surface area contributed by atoms with E-state index in [1.54, 1.807) is 22.7 Å². The molecule has 0 saturated heterocycles. The molecule has 4 rings (SSSR count). The molecule has 0 fully saturated rings. The van der Waals surface area contributed by atoms with Gasteiger partial charge in [-0.1, -0.05) is 24.3 Å². The van der Waals surface area contributed by atoms with E-state index in [4.69, 9.17) is 0 Å². The van der Waals surface area contributed by atoms with Gasteiger partial charge in [0.05, 0.1) is 18.5 Å². The number of amides is 2. The van der Waals surface area contributed by atoms with Gasteiger partial charge in [-0.15, -0.1) is 34.0 Å². The molecule has 5 nitrogen and oxygen atoms in total. The lowest BCUT2D eigenvalue weighted by Crippen LogP contribution is -2.27. The molecule has 2 N–H and O–H groups in total. The summed E-state index contributed by atoms with van der Waals surface area (Å²) in [6.45, 7) is 0.591. The van der Waals surface area contributed by atoms with Crippen LogP contribution in [0.3, 0.4) is 0 Å². The van der Waals surface area contributed by atoms with Crippen LogP contribution in [-0.2, 0) is 28.9 Å². The van der Waals surface area contributed by atoms with Gasteiger partial charge >= 0.3 is 0 Å². The van der Waals surface area contributed by atoms with E-state index in [1.807, 2.05) is 35.0 Å². The number of carbonyl (C=O) groups excluding carboxylic acids is 2. The summed E-state index contributed by atoms with van der Waals surface area (Å²) in [5.41, 5.74) is 1.93. The van der Waals surface area contributed by atoms with Crippen molar-refractivity contribution in [3.05, 3.63) is 68.7 Å². The Morgan fingerprint density at radius 3 is 2.69 bits per heavy atom. The number of thiophene rings is 2. The van der Waals surface area contributed by atoms with E-state index < -0.39 is 0 Å². The largest absolute Gasteiger partial charge is 0.355 e. The molecule has 3 aromatic heterocycles. The number of anilines is 1. The van der Waals surface area contributed by atoms with Crippen LogP contribution in [0, 0.1) is 0 Å². The summed E-state index contributed by atoms with van der Waals surface area (Å²) in [6.07, 6.45) is 1.35. The molecule has 0 spiro atoms. The maximum Gasteiger partial charge on any atom is 0.231 e. The fourth-order valence-corrected chi connectivity index (χ4v) is 5.40. The molecule has 0 atom stereocenters. The third-order valence-corrected chi connectivity index (χ3v) is 7.03.